The van der Waals surface area contributed by atoms with Gasteiger partial charge in [-0.3, -0.25) is 20.4 Å². The molecule has 82 valence electrons. The predicted octanol–water partition coefficient (Wildman–Crippen LogP) is -0.376. The van der Waals surface area contributed by atoms with Gasteiger partial charge in [0.1, 0.15) is 0 Å². The first kappa shape index (κ1) is 13.2. The van der Waals surface area contributed by atoms with Crippen LogP contribution in [0.4, 0.5) is 0 Å². The quantitative estimate of drug-likeness (QED) is 0.551. The molecule has 0 radical (unpaired) electrons. The van der Waals surface area contributed by atoms with Gasteiger partial charge in [0, 0.05) is 18.7 Å². The minimum Gasteiger partial charge on any atom is -0.327 e. The van der Waals surface area contributed by atoms with Gasteiger partial charge in [-0.1, -0.05) is 6.92 Å². The zero-order chi connectivity index (χ0) is 11.0. The summed E-state index contributed by atoms with van der Waals surface area (Å²) in [6.07, 6.45) is 0.903. The monoisotopic (exact) mass is 219 g/mol. The van der Waals surface area contributed by atoms with Crippen LogP contribution in [0.1, 0.15) is 20.3 Å². The van der Waals surface area contributed by atoms with Gasteiger partial charge in [0.2, 0.25) is 11.8 Å². The van der Waals surface area contributed by atoms with E-state index in [1.54, 1.807) is 0 Å². The van der Waals surface area contributed by atoms with Gasteiger partial charge in [-0.2, -0.15) is 11.8 Å². The third kappa shape index (κ3) is 7.88. The van der Waals surface area contributed by atoms with E-state index >= 15 is 0 Å². The Balaban J connectivity index is 3.40. The average Bonchev–Trinajstić information content (AvgIpc) is 2.14. The van der Waals surface area contributed by atoms with Crippen LogP contribution in [0.5, 0.6) is 0 Å². The Labute approximate surface area is 88.1 Å². The zero-order valence-corrected chi connectivity index (χ0v) is 9.32. The number of carbonyl (C=O) groups is 2. The summed E-state index contributed by atoms with van der Waals surface area (Å²) in [5.41, 5.74) is 10.1. The molecule has 0 aliphatic carbocycles. The van der Waals surface area contributed by atoms with Crippen molar-refractivity contribution in [1.29, 1.82) is 0 Å². The van der Waals surface area contributed by atoms with E-state index in [-0.39, 0.29) is 17.9 Å². The van der Waals surface area contributed by atoms with Gasteiger partial charge in [-0.15, -0.1) is 0 Å². The third-order valence-electron chi connectivity index (χ3n) is 1.47. The maximum absolute atomic E-state index is 11.0. The lowest BCUT2D eigenvalue weighted by Gasteiger charge is -2.08. The third-order valence-corrected chi connectivity index (χ3v) is 2.60. The summed E-state index contributed by atoms with van der Waals surface area (Å²) in [5, 5.41) is 0. The van der Waals surface area contributed by atoms with Gasteiger partial charge in [0.15, 0.2) is 0 Å². The van der Waals surface area contributed by atoms with Crippen LogP contribution in [0.2, 0.25) is 0 Å². The van der Waals surface area contributed by atoms with Gasteiger partial charge in [0.25, 0.3) is 0 Å². The summed E-state index contributed by atoms with van der Waals surface area (Å²) < 4.78 is 0. The molecule has 0 saturated carbocycles. The van der Waals surface area contributed by atoms with Crippen LogP contribution in [0.15, 0.2) is 0 Å². The predicted molar refractivity (Wildman–Crippen MR) is 57.6 cm³/mol. The molecule has 1 unspecified atom stereocenters. The first-order valence-corrected chi connectivity index (χ1v) is 5.60. The van der Waals surface area contributed by atoms with Crippen LogP contribution in [0.3, 0.4) is 0 Å². The minimum absolute atomic E-state index is 0.133. The van der Waals surface area contributed by atoms with Crippen molar-refractivity contribution in [2.24, 2.45) is 5.73 Å². The van der Waals surface area contributed by atoms with Crippen molar-refractivity contribution in [2.45, 2.75) is 26.3 Å². The summed E-state index contributed by atoms with van der Waals surface area (Å²) in [5.74, 6) is 0.569. The fourth-order valence-corrected chi connectivity index (χ4v) is 1.53. The highest BCUT2D eigenvalue weighted by Crippen LogP contribution is 2.02. The van der Waals surface area contributed by atoms with E-state index in [4.69, 9.17) is 5.73 Å². The zero-order valence-electron chi connectivity index (χ0n) is 8.50. The molecule has 5 nitrogen and oxygen atoms in total. The van der Waals surface area contributed by atoms with Gasteiger partial charge in [0.05, 0.1) is 5.75 Å². The topological polar surface area (TPSA) is 84.2 Å². The number of carbonyl (C=O) groups excluding carboxylic acids is 2. The number of hydrogen-bond donors (Lipinski definition) is 3. The molecule has 4 N–H and O–H groups in total. The molecular weight excluding hydrogens is 202 g/mol. The van der Waals surface area contributed by atoms with Gasteiger partial charge in [-0.25, -0.2) is 0 Å². The summed E-state index contributed by atoms with van der Waals surface area (Å²) in [6.45, 7) is 3.34. The summed E-state index contributed by atoms with van der Waals surface area (Å²) in [7, 11) is 0. The van der Waals surface area contributed by atoms with Crippen LogP contribution in [-0.2, 0) is 9.59 Å². The maximum atomic E-state index is 11.0. The molecule has 1 atom stereocenters. The largest absolute Gasteiger partial charge is 0.327 e. The fourth-order valence-electron chi connectivity index (χ4n) is 0.615. The highest BCUT2D eigenvalue weighted by atomic mass is 32.2. The van der Waals surface area contributed by atoms with Crippen LogP contribution < -0.4 is 16.6 Å². The van der Waals surface area contributed by atoms with Crippen LogP contribution in [0.25, 0.3) is 0 Å². The summed E-state index contributed by atoms with van der Waals surface area (Å²) in [6, 6.07) is 0.133. The second kappa shape index (κ2) is 7.64. The van der Waals surface area contributed by atoms with E-state index in [2.05, 4.69) is 10.9 Å². The summed E-state index contributed by atoms with van der Waals surface area (Å²) in [4.78, 5) is 21.5. The van der Waals surface area contributed by atoms with E-state index in [0.29, 0.717) is 5.75 Å². The van der Waals surface area contributed by atoms with E-state index in [9.17, 15) is 9.59 Å². The van der Waals surface area contributed by atoms with Crippen LogP contribution >= 0.6 is 11.8 Å². The molecule has 0 aliphatic heterocycles. The Hall–Kier alpha value is -0.750. The molecule has 0 aromatic carbocycles. The molecule has 0 rings (SSSR count). The Morgan fingerprint density at radius 2 is 2.07 bits per heavy atom. The van der Waals surface area contributed by atoms with E-state index in [1.807, 2.05) is 6.92 Å². The number of rotatable bonds is 5. The van der Waals surface area contributed by atoms with Crippen molar-refractivity contribution in [3.05, 3.63) is 0 Å². The number of thioether (sulfide) groups is 1. The second-order valence-electron chi connectivity index (χ2n) is 2.91. The van der Waals surface area contributed by atoms with Crippen molar-refractivity contribution in [3.8, 4) is 0 Å². The molecule has 6 heteroatoms. The van der Waals surface area contributed by atoms with Crippen LogP contribution in [-0.4, -0.2) is 29.4 Å². The van der Waals surface area contributed by atoms with Gasteiger partial charge < -0.3 is 5.73 Å². The standard InChI is InChI=1S/C8H17N3O2S/c1-3-7(9)4-14-5-8(13)11-10-6(2)12/h7H,3-5,9H2,1-2H3,(H,10,12)(H,11,13). The minimum atomic E-state index is -0.284. The molecule has 0 heterocycles. The first-order chi connectivity index (χ1) is 6.56. The van der Waals surface area contributed by atoms with Crippen molar-refractivity contribution >= 4 is 23.6 Å². The van der Waals surface area contributed by atoms with E-state index < -0.39 is 0 Å². The van der Waals surface area contributed by atoms with Gasteiger partial charge in [-0.05, 0) is 6.42 Å². The SMILES string of the molecule is CCC(N)CSCC(=O)NNC(C)=O. The molecular formula is C8H17N3O2S. The Bertz CT molecular complexity index is 199. The summed E-state index contributed by atoms with van der Waals surface area (Å²) >= 11 is 1.46. The maximum Gasteiger partial charge on any atom is 0.248 e. The lowest BCUT2D eigenvalue weighted by atomic mass is 10.3. The van der Waals surface area contributed by atoms with Crippen molar-refractivity contribution in [2.75, 3.05) is 11.5 Å². The fraction of sp³-hybridized carbons (Fsp3) is 0.750. The molecule has 0 saturated heterocycles. The Morgan fingerprint density at radius 1 is 1.43 bits per heavy atom. The molecule has 0 aromatic heterocycles. The molecule has 0 spiro atoms. The molecule has 0 fully saturated rings. The molecule has 14 heavy (non-hydrogen) atoms. The molecule has 0 bridgehead atoms. The number of nitrogens with one attached hydrogen (secondary N) is 2. The number of hydrazine groups is 1. The Kier molecular flexibility index (Phi) is 7.23. The molecule has 0 aromatic rings. The van der Waals surface area contributed by atoms with Crippen LogP contribution in [0, 0.1) is 0 Å². The van der Waals surface area contributed by atoms with Crippen molar-refractivity contribution in [1.82, 2.24) is 10.9 Å². The normalized spacial score (nSPS) is 11.9. The number of hydrogen-bond acceptors (Lipinski definition) is 4. The van der Waals surface area contributed by atoms with Gasteiger partial charge >= 0.3 is 0 Å². The second-order valence-corrected chi connectivity index (χ2v) is 3.94. The van der Waals surface area contributed by atoms with E-state index in [1.165, 1.54) is 18.7 Å². The molecule has 2 amide bonds. The lowest BCUT2D eigenvalue weighted by Crippen LogP contribution is -2.41. The van der Waals surface area contributed by atoms with Crippen molar-refractivity contribution in [3.63, 3.8) is 0 Å². The average molecular weight is 219 g/mol. The number of nitrogens with two attached hydrogens (primary N) is 1. The van der Waals surface area contributed by atoms with Crippen molar-refractivity contribution < 1.29 is 9.59 Å². The Morgan fingerprint density at radius 3 is 2.57 bits per heavy atom. The highest BCUT2D eigenvalue weighted by molar-refractivity contribution is 7.99. The van der Waals surface area contributed by atoms with E-state index in [0.717, 1.165) is 12.2 Å². The lowest BCUT2D eigenvalue weighted by molar-refractivity contribution is -0.126. The molecule has 0 aliphatic rings. The first-order valence-electron chi connectivity index (χ1n) is 4.45. The number of amides is 2. The highest BCUT2D eigenvalue weighted by Gasteiger charge is 2.04. The smallest absolute Gasteiger partial charge is 0.248 e.